The van der Waals surface area contributed by atoms with Gasteiger partial charge in [-0.3, -0.25) is 9.58 Å². The van der Waals surface area contributed by atoms with Crippen molar-refractivity contribution in [3.05, 3.63) is 29.3 Å². The molecule has 7 heteroatoms. The Kier molecular flexibility index (Phi) is 5.23. The molecule has 1 amide bonds. The van der Waals surface area contributed by atoms with E-state index in [-0.39, 0.29) is 12.1 Å². The second-order valence-corrected chi connectivity index (χ2v) is 8.94. The van der Waals surface area contributed by atoms with Crippen molar-refractivity contribution in [2.75, 3.05) is 19.7 Å². The summed E-state index contributed by atoms with van der Waals surface area (Å²) in [5, 5.41) is 9.64. The van der Waals surface area contributed by atoms with Crippen molar-refractivity contribution in [3.63, 3.8) is 0 Å². The second-order valence-electron chi connectivity index (χ2n) is 7.99. The first-order chi connectivity index (χ1) is 13.0. The van der Waals surface area contributed by atoms with Crippen molar-refractivity contribution in [2.45, 2.75) is 44.7 Å². The van der Waals surface area contributed by atoms with E-state index in [1.165, 1.54) is 17.0 Å². The molecule has 0 aromatic carbocycles. The van der Waals surface area contributed by atoms with Crippen LogP contribution in [0.1, 0.15) is 38.3 Å². The Morgan fingerprint density at radius 1 is 1.48 bits per heavy atom. The van der Waals surface area contributed by atoms with E-state index < -0.39 is 0 Å². The maximum atomic E-state index is 11.8. The number of ether oxygens (including phenoxy) is 1. The minimum Gasteiger partial charge on any atom is -0.448 e. The van der Waals surface area contributed by atoms with Crippen LogP contribution in [0.3, 0.4) is 0 Å². The molecule has 5 rings (SSSR count). The predicted molar refractivity (Wildman–Crippen MR) is 107 cm³/mol. The number of alkyl carbamates (subject to hydrolysis) is 1. The summed E-state index contributed by atoms with van der Waals surface area (Å²) in [7, 11) is 2.06. The van der Waals surface area contributed by atoms with Crippen LogP contribution in [0.5, 0.6) is 0 Å². The lowest BCUT2D eigenvalue weighted by Crippen LogP contribution is -2.54. The molecular weight excluding hydrogens is 360 g/mol. The van der Waals surface area contributed by atoms with Gasteiger partial charge in [0.25, 0.3) is 0 Å². The maximum Gasteiger partial charge on any atom is 0.407 e. The van der Waals surface area contributed by atoms with E-state index in [1.807, 2.05) is 13.8 Å². The average molecular weight is 389 g/mol. The monoisotopic (exact) mass is 388 g/mol. The Morgan fingerprint density at radius 2 is 2.33 bits per heavy atom. The van der Waals surface area contributed by atoms with Crippen LogP contribution in [-0.2, 0) is 11.8 Å². The van der Waals surface area contributed by atoms with Crippen molar-refractivity contribution in [2.24, 2.45) is 13.0 Å². The molecule has 3 aliphatic heterocycles. The summed E-state index contributed by atoms with van der Waals surface area (Å²) in [6.45, 7) is 6.48. The molecule has 0 saturated carbocycles. The Balaban J connectivity index is 1.41. The van der Waals surface area contributed by atoms with Gasteiger partial charge in [0.15, 0.2) is 0 Å². The van der Waals surface area contributed by atoms with Gasteiger partial charge in [0.2, 0.25) is 0 Å². The van der Waals surface area contributed by atoms with Crippen molar-refractivity contribution in [3.8, 4) is 10.6 Å². The summed E-state index contributed by atoms with van der Waals surface area (Å²) < 4.78 is 7.51. The van der Waals surface area contributed by atoms with Gasteiger partial charge in [-0.1, -0.05) is 6.07 Å². The highest BCUT2D eigenvalue weighted by Gasteiger charge is 2.42. The van der Waals surface area contributed by atoms with E-state index in [0.29, 0.717) is 24.5 Å². The molecule has 2 aromatic rings. The highest BCUT2D eigenvalue weighted by atomic mass is 32.1. The number of aryl methyl sites for hydroxylation is 1. The first-order valence-electron chi connectivity index (χ1n) is 9.76. The third-order valence-electron chi connectivity index (χ3n) is 5.76. The number of rotatable bonds is 5. The Morgan fingerprint density at radius 3 is 3.00 bits per heavy atom. The summed E-state index contributed by atoms with van der Waals surface area (Å²) >= 11 is 1.73. The zero-order valence-corrected chi connectivity index (χ0v) is 17.0. The number of nitrogens with zero attached hydrogens (tertiary/aromatic N) is 3. The first-order valence-corrected chi connectivity index (χ1v) is 10.6. The van der Waals surface area contributed by atoms with E-state index in [4.69, 9.17) is 9.84 Å². The van der Waals surface area contributed by atoms with Gasteiger partial charge in [0.1, 0.15) is 12.3 Å². The zero-order chi connectivity index (χ0) is 19.0. The van der Waals surface area contributed by atoms with Crippen LogP contribution in [-0.4, -0.2) is 52.6 Å². The largest absolute Gasteiger partial charge is 0.448 e. The number of carbonyl (C=O) groups excluding carboxylic acids is 1. The lowest BCUT2D eigenvalue weighted by Gasteiger charge is -2.49. The van der Waals surface area contributed by atoms with E-state index in [1.54, 1.807) is 11.3 Å². The molecule has 2 aromatic heterocycles. The fraction of sp³-hybridized carbons (Fsp3) is 0.600. The fourth-order valence-corrected chi connectivity index (χ4v) is 5.15. The quantitative estimate of drug-likeness (QED) is 0.852. The van der Waals surface area contributed by atoms with Crippen molar-refractivity contribution >= 4 is 17.4 Å². The standard InChI is InChI=1S/C20H28N4O2S/c1-13(2)21-20(25)26-12-15-9-14-6-7-24(15)11-16(14)18-10-17(22-23(18)3)19-5-4-8-27-19/h4-5,8,10,13-16H,6-7,9,11-12H2,1-3H3,(H,21,25)/t14-,15-,16+/m1/s1. The Labute approximate surface area is 164 Å². The molecule has 1 unspecified atom stereocenters. The van der Waals surface area contributed by atoms with Gasteiger partial charge >= 0.3 is 6.09 Å². The van der Waals surface area contributed by atoms with Crippen LogP contribution in [0.15, 0.2) is 23.6 Å². The highest BCUT2D eigenvalue weighted by molar-refractivity contribution is 7.13. The molecule has 146 valence electrons. The van der Waals surface area contributed by atoms with Crippen LogP contribution in [0.25, 0.3) is 10.6 Å². The number of hydrogen-bond acceptors (Lipinski definition) is 5. The van der Waals surface area contributed by atoms with Gasteiger partial charge in [-0.25, -0.2) is 4.79 Å². The number of amides is 1. The molecule has 3 fully saturated rings. The molecule has 3 saturated heterocycles. The molecule has 1 N–H and O–H groups in total. The molecule has 2 bridgehead atoms. The normalized spacial score (nSPS) is 27.1. The van der Waals surface area contributed by atoms with Crippen molar-refractivity contribution in [1.82, 2.24) is 20.0 Å². The van der Waals surface area contributed by atoms with Gasteiger partial charge in [0, 0.05) is 37.3 Å². The first kappa shape index (κ1) is 18.5. The number of hydrogen-bond donors (Lipinski definition) is 1. The summed E-state index contributed by atoms with van der Waals surface area (Å²) in [6, 6.07) is 6.90. The molecule has 27 heavy (non-hydrogen) atoms. The third-order valence-corrected chi connectivity index (χ3v) is 6.65. The second kappa shape index (κ2) is 7.64. The molecule has 0 radical (unpaired) electrons. The molecule has 3 aliphatic rings. The summed E-state index contributed by atoms with van der Waals surface area (Å²) in [5.41, 5.74) is 2.40. The van der Waals surface area contributed by atoms with Gasteiger partial charge < -0.3 is 10.1 Å². The summed E-state index contributed by atoms with van der Waals surface area (Å²) in [6.07, 6.45) is 1.98. The zero-order valence-electron chi connectivity index (χ0n) is 16.2. The number of nitrogens with one attached hydrogen (secondary N) is 1. The van der Waals surface area contributed by atoms with Gasteiger partial charge in [-0.2, -0.15) is 5.10 Å². The number of fused-ring (bicyclic) bond motifs is 3. The van der Waals surface area contributed by atoms with Gasteiger partial charge in [0.05, 0.1) is 4.88 Å². The topological polar surface area (TPSA) is 59.4 Å². The van der Waals surface area contributed by atoms with E-state index in [9.17, 15) is 4.79 Å². The average Bonchev–Trinajstić information content (AvgIpc) is 3.29. The smallest absolute Gasteiger partial charge is 0.407 e. The van der Waals surface area contributed by atoms with Crippen LogP contribution >= 0.6 is 11.3 Å². The van der Waals surface area contributed by atoms with Crippen LogP contribution in [0, 0.1) is 5.92 Å². The number of piperidine rings is 3. The Hall–Kier alpha value is -1.86. The minimum atomic E-state index is -0.309. The van der Waals surface area contributed by atoms with E-state index in [2.05, 4.69) is 45.5 Å². The SMILES string of the molecule is CC(C)NC(=O)OC[C@H]1C[C@H]2CCN1C[C@@H]2c1cc(-c2cccs2)nn1C. The minimum absolute atomic E-state index is 0.104. The lowest BCUT2D eigenvalue weighted by molar-refractivity contribution is -0.00441. The van der Waals surface area contributed by atoms with E-state index in [0.717, 1.165) is 25.2 Å². The predicted octanol–water partition coefficient (Wildman–Crippen LogP) is 3.46. The number of thiophene rings is 1. The molecule has 4 atom stereocenters. The molecule has 6 nitrogen and oxygen atoms in total. The van der Waals surface area contributed by atoms with Crippen LogP contribution in [0.4, 0.5) is 4.79 Å². The fourth-order valence-electron chi connectivity index (χ4n) is 4.47. The molecular formula is C20H28N4O2S. The van der Waals surface area contributed by atoms with Gasteiger partial charge in [-0.15, -0.1) is 11.3 Å². The third kappa shape index (κ3) is 3.89. The van der Waals surface area contributed by atoms with Gasteiger partial charge in [-0.05, 0) is 56.7 Å². The van der Waals surface area contributed by atoms with Crippen LogP contribution in [0.2, 0.25) is 0 Å². The number of aromatic nitrogens is 2. The summed E-state index contributed by atoms with van der Waals surface area (Å²) in [5.74, 6) is 1.13. The number of carbonyl (C=O) groups is 1. The van der Waals surface area contributed by atoms with Crippen molar-refractivity contribution in [1.29, 1.82) is 0 Å². The van der Waals surface area contributed by atoms with Crippen molar-refractivity contribution < 1.29 is 9.53 Å². The van der Waals surface area contributed by atoms with Crippen LogP contribution < -0.4 is 5.32 Å². The molecule has 5 heterocycles. The molecule has 0 aliphatic carbocycles. The molecule has 0 spiro atoms. The highest BCUT2D eigenvalue weighted by Crippen LogP contribution is 2.42. The maximum absolute atomic E-state index is 11.8. The summed E-state index contributed by atoms with van der Waals surface area (Å²) in [4.78, 5) is 15.5. The van der Waals surface area contributed by atoms with E-state index >= 15 is 0 Å². The lowest BCUT2D eigenvalue weighted by atomic mass is 9.74. The Bertz CT molecular complexity index is 786.